The number of hydrogen-bond acceptors (Lipinski definition) is 1. The largest absolute Gasteiger partial charge is 0.354 e. The molecule has 2 nitrogen and oxygen atoms in total. The van der Waals surface area contributed by atoms with E-state index in [1.807, 2.05) is 30.3 Å². The van der Waals surface area contributed by atoms with Crippen molar-refractivity contribution in [1.82, 2.24) is 5.32 Å². The molecule has 1 saturated carbocycles. The van der Waals surface area contributed by atoms with Crippen LogP contribution in [0.5, 0.6) is 0 Å². The molecule has 0 saturated heterocycles. The van der Waals surface area contributed by atoms with Crippen LogP contribution in [0.3, 0.4) is 0 Å². The van der Waals surface area contributed by atoms with Crippen LogP contribution in [0.25, 0.3) is 0 Å². The van der Waals surface area contributed by atoms with Crippen molar-refractivity contribution < 1.29 is 37.5 Å². The molecule has 2 rings (SSSR count). The maximum absolute atomic E-state index is 12.3. The summed E-state index contributed by atoms with van der Waals surface area (Å²) in [4.78, 5) is 12.3. The van der Waals surface area contributed by atoms with Crippen molar-refractivity contribution in [3.8, 4) is 0 Å². The zero-order valence-electron chi connectivity index (χ0n) is 11.6. The van der Waals surface area contributed by atoms with Gasteiger partial charge < -0.3 is 18.2 Å². The molecule has 1 aliphatic carbocycles. The van der Waals surface area contributed by atoms with Gasteiger partial charge in [0.2, 0.25) is 0 Å². The molecule has 3 heteroatoms. The predicted octanol–water partition coefficient (Wildman–Crippen LogP) is 3.29. The monoisotopic (exact) mass is 332 g/mol. The van der Waals surface area contributed by atoms with Crippen molar-refractivity contribution in [2.75, 3.05) is 0 Å². The van der Waals surface area contributed by atoms with E-state index >= 15 is 0 Å². The fourth-order valence-electron chi connectivity index (χ4n) is 2.42. The second-order valence-corrected chi connectivity index (χ2v) is 5.13. The normalized spacial score (nSPS) is 15.7. The van der Waals surface area contributed by atoms with Crippen LogP contribution in [0, 0.1) is 18.3 Å². The molecule has 1 aromatic rings. The molecule has 1 radical (unpaired) electrons. The maximum atomic E-state index is 12.3. The molecule has 0 spiro atoms. The topological polar surface area (TPSA) is 29.1 Å². The van der Waals surface area contributed by atoms with Gasteiger partial charge in [-0.15, -0.1) is 0 Å². The Morgan fingerprint density at radius 1 is 1.37 bits per heavy atom. The fraction of sp³-hybridized carbons (Fsp3) is 0.438. The van der Waals surface area contributed by atoms with E-state index < -0.39 is 0 Å². The Labute approximate surface area is 141 Å². The first kappa shape index (κ1) is 16.8. The van der Waals surface area contributed by atoms with Crippen LogP contribution in [0.2, 0.25) is 0 Å². The van der Waals surface area contributed by atoms with Crippen molar-refractivity contribution in [1.29, 1.82) is 0 Å². The molecular formula is C16H21NOY-2. The predicted molar refractivity (Wildman–Crippen MR) is 73.5 cm³/mol. The molecule has 0 atom stereocenters. The van der Waals surface area contributed by atoms with E-state index in [0.717, 1.165) is 31.2 Å². The fourth-order valence-corrected chi connectivity index (χ4v) is 2.42. The summed E-state index contributed by atoms with van der Waals surface area (Å²) in [7, 11) is 0. The van der Waals surface area contributed by atoms with E-state index in [0.29, 0.717) is 6.54 Å². The zero-order valence-corrected chi connectivity index (χ0v) is 14.5. The van der Waals surface area contributed by atoms with E-state index in [9.17, 15) is 4.79 Å². The second kappa shape index (κ2) is 7.54. The van der Waals surface area contributed by atoms with Gasteiger partial charge in [0.1, 0.15) is 0 Å². The molecule has 1 amide bonds. The van der Waals surface area contributed by atoms with Gasteiger partial charge in [-0.25, -0.2) is 12.8 Å². The Kier molecular flexibility index (Phi) is 6.69. The minimum atomic E-state index is -0.174. The molecule has 0 heterocycles. The smallest absolute Gasteiger partial charge is 0.196 e. The van der Waals surface area contributed by atoms with Gasteiger partial charge in [-0.05, 0) is 5.56 Å². The van der Waals surface area contributed by atoms with Gasteiger partial charge in [-0.1, -0.05) is 48.6 Å². The second-order valence-electron chi connectivity index (χ2n) is 5.13. The van der Waals surface area contributed by atoms with Gasteiger partial charge >= 0.3 is 0 Å². The molecule has 19 heavy (non-hydrogen) atoms. The van der Waals surface area contributed by atoms with Crippen LogP contribution in [0.15, 0.2) is 30.3 Å². The average molecular weight is 332 g/mol. The van der Waals surface area contributed by atoms with E-state index in [-0.39, 0.29) is 44.0 Å². The van der Waals surface area contributed by atoms with Gasteiger partial charge in [0.05, 0.1) is 0 Å². The number of nitrogens with one attached hydrogen (secondary N) is 1. The first-order chi connectivity index (χ1) is 8.69. The average Bonchev–Trinajstić information content (AvgIpc) is 3.19. The molecular weight excluding hydrogens is 311 g/mol. The van der Waals surface area contributed by atoms with E-state index in [1.54, 1.807) is 0 Å². The van der Waals surface area contributed by atoms with Crippen molar-refractivity contribution in [2.24, 2.45) is 5.41 Å². The summed E-state index contributed by atoms with van der Waals surface area (Å²) in [5, 5.41) is 3.06. The van der Waals surface area contributed by atoms with Crippen LogP contribution < -0.4 is 5.32 Å². The summed E-state index contributed by atoms with van der Waals surface area (Å²) in [6.07, 6.45) is 3.83. The minimum absolute atomic E-state index is 0. The maximum Gasteiger partial charge on any atom is 0.196 e. The first-order valence-corrected chi connectivity index (χ1v) is 6.63. The first-order valence-electron chi connectivity index (χ1n) is 6.63. The number of amides is 1. The van der Waals surface area contributed by atoms with Crippen molar-refractivity contribution >= 4 is 5.91 Å². The molecule has 1 aliphatic rings. The molecule has 1 N–H and O–H groups in total. The number of hydrogen-bond donors (Lipinski definition) is 1. The molecule has 0 bridgehead atoms. The Morgan fingerprint density at radius 2 is 2.00 bits per heavy atom. The third-order valence-corrected chi connectivity index (χ3v) is 3.85. The molecule has 101 valence electrons. The van der Waals surface area contributed by atoms with Crippen LogP contribution in [0.4, 0.5) is 0 Å². The summed E-state index contributed by atoms with van der Waals surface area (Å²) >= 11 is 0. The number of carbonyl (C=O) groups excluding carboxylic acids is 1. The van der Waals surface area contributed by atoms with Gasteiger partial charge in [-0.2, -0.15) is 6.92 Å². The Balaban J connectivity index is 0.00000180. The quantitative estimate of drug-likeness (QED) is 0.796. The van der Waals surface area contributed by atoms with Crippen LogP contribution in [-0.2, 0) is 44.0 Å². The van der Waals surface area contributed by atoms with E-state index in [1.165, 1.54) is 5.92 Å². The van der Waals surface area contributed by atoms with Crippen molar-refractivity contribution in [2.45, 2.75) is 39.2 Å². The molecule has 0 unspecified atom stereocenters. The standard InChI is InChI=1S/C16H21NO.Y/c1-3-7-13(2)16(10-11-16)15(18)17-12-14-8-5-4-6-9-14;/h4-6,8-9H,1,3,7,10-12H2,2H3,(H,17,18);/q-2;. The summed E-state index contributed by atoms with van der Waals surface area (Å²) < 4.78 is 0. The summed E-state index contributed by atoms with van der Waals surface area (Å²) in [5.41, 5.74) is 0.975. The third-order valence-electron chi connectivity index (χ3n) is 3.85. The van der Waals surface area contributed by atoms with Crippen LogP contribution in [-0.4, -0.2) is 5.91 Å². The Bertz CT molecular complexity index is 400. The molecule has 1 fully saturated rings. The molecule has 0 aromatic heterocycles. The van der Waals surface area contributed by atoms with Gasteiger partial charge in [0.15, 0.2) is 5.91 Å². The summed E-state index contributed by atoms with van der Waals surface area (Å²) in [6, 6.07) is 10.0. The number of carbonyl (C=O) groups is 1. The summed E-state index contributed by atoms with van der Waals surface area (Å²) in [5.74, 6) is 1.49. The van der Waals surface area contributed by atoms with Gasteiger partial charge in [0.25, 0.3) is 0 Å². The van der Waals surface area contributed by atoms with E-state index in [4.69, 9.17) is 0 Å². The van der Waals surface area contributed by atoms with Gasteiger partial charge in [0, 0.05) is 39.3 Å². The Hall–Kier alpha value is -0.206. The van der Waals surface area contributed by atoms with Crippen LogP contribution in [0.1, 0.15) is 38.2 Å². The van der Waals surface area contributed by atoms with Crippen molar-refractivity contribution in [3.05, 3.63) is 48.7 Å². The zero-order chi connectivity index (χ0) is 13.0. The summed E-state index contributed by atoms with van der Waals surface area (Å²) in [6.45, 7) is 6.59. The van der Waals surface area contributed by atoms with Crippen LogP contribution >= 0.6 is 0 Å². The third kappa shape index (κ3) is 4.13. The van der Waals surface area contributed by atoms with Crippen molar-refractivity contribution in [3.63, 3.8) is 0 Å². The molecule has 0 aliphatic heterocycles. The molecule has 1 aromatic carbocycles. The minimum Gasteiger partial charge on any atom is -0.354 e. The number of rotatable bonds is 6. The number of benzene rings is 1. The Morgan fingerprint density at radius 3 is 2.53 bits per heavy atom. The van der Waals surface area contributed by atoms with Gasteiger partial charge in [-0.3, -0.25) is 4.79 Å². The SMILES string of the molecule is [CH2-]CC[C-](C)C1(C(=O)NCc2ccccc2)CC1.[Y]. The van der Waals surface area contributed by atoms with E-state index in [2.05, 4.69) is 19.2 Å².